The summed E-state index contributed by atoms with van der Waals surface area (Å²) in [5.41, 5.74) is 0.546. The second-order valence-electron chi connectivity index (χ2n) is 3.95. The summed E-state index contributed by atoms with van der Waals surface area (Å²) in [4.78, 5) is 25.2. The Morgan fingerprint density at radius 2 is 2.32 bits per heavy atom. The molecule has 0 aliphatic carbocycles. The van der Waals surface area contributed by atoms with Crippen LogP contribution in [0.3, 0.4) is 0 Å². The molecule has 0 bridgehead atoms. The maximum atomic E-state index is 11.1. The predicted octanol–water partition coefficient (Wildman–Crippen LogP) is 2.05. The molecule has 0 amide bonds. The van der Waals surface area contributed by atoms with Gasteiger partial charge in [0.15, 0.2) is 0 Å². The number of anilines is 1. The van der Waals surface area contributed by atoms with Crippen LogP contribution in [0.25, 0.3) is 0 Å². The summed E-state index contributed by atoms with van der Waals surface area (Å²) in [5, 5.41) is 13.6. The summed E-state index contributed by atoms with van der Waals surface area (Å²) < 4.78 is 4.80. The molecule has 0 atom stereocenters. The van der Waals surface area contributed by atoms with Crippen molar-refractivity contribution in [2.45, 2.75) is 26.7 Å². The number of hydrogen-bond donors (Lipinski definition) is 1. The molecule has 0 aromatic carbocycles. The fourth-order valence-corrected chi connectivity index (χ4v) is 1.52. The molecule has 0 aliphatic heterocycles. The van der Waals surface area contributed by atoms with Gasteiger partial charge >= 0.3 is 5.97 Å². The summed E-state index contributed by atoms with van der Waals surface area (Å²) in [6, 6.07) is 1.61. The van der Waals surface area contributed by atoms with Gasteiger partial charge in [0.1, 0.15) is 12.0 Å². The average molecular weight is 267 g/mol. The van der Waals surface area contributed by atoms with E-state index >= 15 is 0 Å². The van der Waals surface area contributed by atoms with Crippen molar-refractivity contribution in [3.63, 3.8) is 0 Å². The zero-order valence-corrected chi connectivity index (χ0v) is 11.0. The Hall–Kier alpha value is -2.18. The molecule has 0 saturated carbocycles. The first kappa shape index (κ1) is 14.9. The van der Waals surface area contributed by atoms with Crippen molar-refractivity contribution in [2.24, 2.45) is 0 Å². The van der Waals surface area contributed by atoms with Gasteiger partial charge in [-0.2, -0.15) is 0 Å². The second-order valence-corrected chi connectivity index (χ2v) is 3.95. The molecule has 1 heterocycles. The molecule has 1 aromatic rings. The number of carbonyl (C=O) groups excluding carboxylic acids is 1. The molecule has 0 spiro atoms. The van der Waals surface area contributed by atoms with Crippen molar-refractivity contribution < 1.29 is 14.5 Å². The fraction of sp³-hybridized carbons (Fsp3) is 0.500. The van der Waals surface area contributed by atoms with Crippen molar-refractivity contribution in [3.8, 4) is 0 Å². The average Bonchev–Trinajstić information content (AvgIpc) is 2.34. The van der Waals surface area contributed by atoms with E-state index in [0.717, 1.165) is 0 Å². The van der Waals surface area contributed by atoms with Crippen LogP contribution in [-0.4, -0.2) is 29.0 Å². The number of nitro groups is 1. The highest BCUT2D eigenvalue weighted by Gasteiger charge is 2.11. The molecule has 7 heteroatoms. The molecule has 7 nitrogen and oxygen atoms in total. The van der Waals surface area contributed by atoms with Crippen LogP contribution in [0, 0.1) is 17.0 Å². The van der Waals surface area contributed by atoms with Gasteiger partial charge in [-0.3, -0.25) is 14.9 Å². The van der Waals surface area contributed by atoms with E-state index < -0.39 is 4.92 Å². The summed E-state index contributed by atoms with van der Waals surface area (Å²) in [6.07, 6.45) is 2.19. The number of esters is 1. The van der Waals surface area contributed by atoms with Crippen LogP contribution in [0.15, 0.2) is 12.3 Å². The molecule has 1 aromatic heterocycles. The van der Waals surface area contributed by atoms with Gasteiger partial charge in [0.05, 0.1) is 11.5 Å². The third-order valence-corrected chi connectivity index (χ3v) is 2.45. The molecule has 0 aliphatic rings. The van der Waals surface area contributed by atoms with E-state index in [1.54, 1.807) is 19.9 Å². The van der Waals surface area contributed by atoms with Gasteiger partial charge < -0.3 is 10.1 Å². The number of nitrogens with one attached hydrogen (secondary N) is 1. The number of rotatable bonds is 7. The van der Waals surface area contributed by atoms with E-state index in [1.165, 1.54) is 6.20 Å². The Balaban J connectivity index is 2.40. The molecule has 1 N–H and O–H groups in total. The van der Waals surface area contributed by atoms with Crippen LogP contribution in [0.1, 0.15) is 25.3 Å². The van der Waals surface area contributed by atoms with E-state index in [-0.39, 0.29) is 11.7 Å². The van der Waals surface area contributed by atoms with E-state index in [9.17, 15) is 14.9 Å². The minimum atomic E-state index is -0.465. The van der Waals surface area contributed by atoms with Gasteiger partial charge in [-0.15, -0.1) is 0 Å². The largest absolute Gasteiger partial charge is 0.466 e. The Morgan fingerprint density at radius 3 is 2.89 bits per heavy atom. The first-order chi connectivity index (χ1) is 9.04. The lowest BCUT2D eigenvalue weighted by molar-refractivity contribution is -0.385. The summed E-state index contributed by atoms with van der Waals surface area (Å²) in [7, 11) is 0. The number of aryl methyl sites for hydroxylation is 1. The normalized spacial score (nSPS) is 10.0. The Bertz CT molecular complexity index is 462. The highest BCUT2D eigenvalue weighted by Crippen LogP contribution is 2.18. The number of ether oxygens (including phenoxy) is 1. The van der Waals surface area contributed by atoms with Crippen LogP contribution >= 0.6 is 0 Å². The Labute approximate surface area is 111 Å². The van der Waals surface area contributed by atoms with Gasteiger partial charge in [-0.25, -0.2) is 4.98 Å². The minimum absolute atomic E-state index is 0.00271. The molecule has 0 fully saturated rings. The molecule has 0 unspecified atom stereocenters. The fourth-order valence-electron chi connectivity index (χ4n) is 1.52. The molecule has 104 valence electrons. The molecule has 0 radical (unpaired) electrons. The molecular weight excluding hydrogens is 250 g/mol. The van der Waals surface area contributed by atoms with Crippen molar-refractivity contribution >= 4 is 17.5 Å². The lowest BCUT2D eigenvalue weighted by Crippen LogP contribution is -2.09. The number of pyridine rings is 1. The number of hydrogen-bond acceptors (Lipinski definition) is 6. The number of carbonyl (C=O) groups is 1. The molecule has 1 rings (SSSR count). The molecule has 0 saturated heterocycles. The Kier molecular flexibility index (Phi) is 5.72. The lowest BCUT2D eigenvalue weighted by atomic mass is 10.2. The van der Waals surface area contributed by atoms with Crippen LogP contribution in [0.4, 0.5) is 11.5 Å². The van der Waals surface area contributed by atoms with Crippen molar-refractivity contribution in [3.05, 3.63) is 27.9 Å². The second kappa shape index (κ2) is 7.30. The van der Waals surface area contributed by atoms with Crippen LogP contribution in [0.2, 0.25) is 0 Å². The first-order valence-corrected chi connectivity index (χ1v) is 6.05. The highest BCUT2D eigenvalue weighted by atomic mass is 16.6. The summed E-state index contributed by atoms with van der Waals surface area (Å²) in [5.74, 6) is 0.337. The van der Waals surface area contributed by atoms with E-state index in [4.69, 9.17) is 4.74 Å². The van der Waals surface area contributed by atoms with Crippen molar-refractivity contribution in [1.82, 2.24) is 4.98 Å². The maximum Gasteiger partial charge on any atom is 0.305 e. The van der Waals surface area contributed by atoms with Gasteiger partial charge in [0.2, 0.25) is 0 Å². The first-order valence-electron chi connectivity index (χ1n) is 6.05. The zero-order valence-electron chi connectivity index (χ0n) is 11.0. The Morgan fingerprint density at radius 1 is 1.58 bits per heavy atom. The third kappa shape index (κ3) is 4.90. The van der Waals surface area contributed by atoms with Crippen LogP contribution < -0.4 is 5.32 Å². The quantitative estimate of drug-likeness (QED) is 0.351. The number of aromatic nitrogens is 1. The smallest absolute Gasteiger partial charge is 0.305 e. The maximum absolute atomic E-state index is 11.1. The van der Waals surface area contributed by atoms with Gasteiger partial charge in [0.25, 0.3) is 5.69 Å². The molecule has 19 heavy (non-hydrogen) atoms. The van der Waals surface area contributed by atoms with E-state index in [0.29, 0.717) is 37.4 Å². The SMILES string of the molecule is CCOC(=O)CCCNc1cc(C)c([N+](=O)[O-])cn1. The topological polar surface area (TPSA) is 94.4 Å². The minimum Gasteiger partial charge on any atom is -0.466 e. The molecular formula is C12H17N3O4. The predicted molar refractivity (Wildman–Crippen MR) is 70.0 cm³/mol. The van der Waals surface area contributed by atoms with E-state index in [2.05, 4.69) is 10.3 Å². The lowest BCUT2D eigenvalue weighted by Gasteiger charge is -2.06. The van der Waals surface area contributed by atoms with Crippen molar-refractivity contribution in [2.75, 3.05) is 18.5 Å². The summed E-state index contributed by atoms with van der Waals surface area (Å²) >= 11 is 0. The van der Waals surface area contributed by atoms with E-state index in [1.807, 2.05) is 0 Å². The summed E-state index contributed by atoms with van der Waals surface area (Å²) in [6.45, 7) is 4.36. The van der Waals surface area contributed by atoms with Crippen LogP contribution in [-0.2, 0) is 9.53 Å². The third-order valence-electron chi connectivity index (χ3n) is 2.45. The monoisotopic (exact) mass is 267 g/mol. The van der Waals surface area contributed by atoms with Crippen molar-refractivity contribution in [1.29, 1.82) is 0 Å². The zero-order chi connectivity index (χ0) is 14.3. The standard InChI is InChI=1S/C12H17N3O4/c1-3-19-12(16)5-4-6-13-11-7-9(2)10(8-14-11)15(17)18/h7-8H,3-6H2,1-2H3,(H,13,14). The van der Waals surface area contributed by atoms with Gasteiger partial charge in [-0.05, 0) is 26.3 Å². The van der Waals surface area contributed by atoms with Gasteiger partial charge in [0, 0.05) is 18.5 Å². The highest BCUT2D eigenvalue weighted by molar-refractivity contribution is 5.69. The van der Waals surface area contributed by atoms with Crippen LogP contribution in [0.5, 0.6) is 0 Å². The number of nitrogens with zero attached hydrogens (tertiary/aromatic N) is 2. The van der Waals surface area contributed by atoms with Gasteiger partial charge in [-0.1, -0.05) is 0 Å².